The second kappa shape index (κ2) is 4.53. The van der Waals surface area contributed by atoms with Gasteiger partial charge in [0.25, 0.3) is 0 Å². The summed E-state index contributed by atoms with van der Waals surface area (Å²) in [4.78, 5) is 7.85. The van der Waals surface area contributed by atoms with Crippen molar-refractivity contribution in [3.8, 4) is 0 Å². The molecule has 4 heteroatoms. The Morgan fingerprint density at radius 3 is 2.80 bits per heavy atom. The van der Waals surface area contributed by atoms with Crippen molar-refractivity contribution in [2.75, 3.05) is 5.32 Å². The minimum Gasteiger partial charge on any atom is -0.347 e. The molecule has 1 heterocycles. The van der Waals surface area contributed by atoms with Gasteiger partial charge in [-0.05, 0) is 29.7 Å². The Labute approximate surface area is 122 Å². The number of para-hydroxylation sites is 2. The van der Waals surface area contributed by atoms with Gasteiger partial charge in [-0.15, -0.1) is 11.6 Å². The van der Waals surface area contributed by atoms with Gasteiger partial charge in [0, 0.05) is 0 Å². The van der Waals surface area contributed by atoms with Crippen molar-refractivity contribution in [2.45, 2.75) is 17.8 Å². The van der Waals surface area contributed by atoms with Crippen molar-refractivity contribution in [3.63, 3.8) is 0 Å². The largest absolute Gasteiger partial charge is 0.347 e. The molecule has 0 fully saturated rings. The molecule has 0 saturated heterocycles. The van der Waals surface area contributed by atoms with Crippen molar-refractivity contribution < 1.29 is 0 Å². The molecular formula is C16H14ClN3. The zero-order valence-corrected chi connectivity index (χ0v) is 11.6. The average molecular weight is 284 g/mol. The molecule has 0 saturated carbocycles. The van der Waals surface area contributed by atoms with Crippen molar-refractivity contribution in [1.29, 1.82) is 0 Å². The lowest BCUT2D eigenvalue weighted by molar-refractivity contribution is 0.764. The molecule has 1 aliphatic carbocycles. The highest BCUT2D eigenvalue weighted by atomic mass is 35.5. The Morgan fingerprint density at radius 1 is 1.10 bits per heavy atom. The molecule has 0 radical (unpaired) electrons. The standard InChI is InChI=1S/C16H14ClN3/c17-12-9-10-5-1-2-6-11(10)15(12)20-16-18-13-7-3-4-8-14(13)19-16/h1-8,12,15H,9H2,(H2,18,19,20). The molecule has 0 bridgehead atoms. The second-order valence-corrected chi connectivity index (χ2v) is 5.70. The third kappa shape index (κ3) is 1.86. The number of H-pyrrole nitrogens is 1. The topological polar surface area (TPSA) is 40.7 Å². The molecule has 3 nitrogen and oxygen atoms in total. The van der Waals surface area contributed by atoms with E-state index < -0.39 is 0 Å². The number of halogens is 1. The predicted octanol–water partition coefficient (Wildman–Crippen LogP) is 3.88. The molecule has 0 amide bonds. The molecule has 1 aromatic heterocycles. The molecule has 0 spiro atoms. The summed E-state index contributed by atoms with van der Waals surface area (Å²) in [6.07, 6.45) is 0.898. The summed E-state index contributed by atoms with van der Waals surface area (Å²) in [5.74, 6) is 0.776. The van der Waals surface area contributed by atoms with Crippen LogP contribution in [-0.2, 0) is 6.42 Å². The first kappa shape index (κ1) is 11.8. The highest BCUT2D eigenvalue weighted by Crippen LogP contribution is 2.36. The first-order valence-corrected chi connectivity index (χ1v) is 7.18. The third-order valence-electron chi connectivity index (χ3n) is 3.85. The average Bonchev–Trinajstić information content (AvgIpc) is 3.00. The summed E-state index contributed by atoms with van der Waals surface area (Å²) in [7, 11) is 0. The molecule has 2 N–H and O–H groups in total. The number of alkyl halides is 1. The molecule has 0 aliphatic heterocycles. The molecule has 1 aliphatic rings. The maximum atomic E-state index is 6.49. The second-order valence-electron chi connectivity index (χ2n) is 5.14. The zero-order valence-electron chi connectivity index (χ0n) is 10.8. The maximum absolute atomic E-state index is 6.49. The van der Waals surface area contributed by atoms with Crippen LogP contribution in [0.15, 0.2) is 48.5 Å². The number of aromatic amines is 1. The minimum atomic E-state index is 0.0561. The molecule has 2 unspecified atom stereocenters. The van der Waals surface area contributed by atoms with E-state index in [-0.39, 0.29) is 11.4 Å². The minimum absolute atomic E-state index is 0.0561. The van der Waals surface area contributed by atoms with Gasteiger partial charge in [-0.3, -0.25) is 0 Å². The fourth-order valence-electron chi connectivity index (χ4n) is 2.88. The first-order valence-electron chi connectivity index (χ1n) is 6.74. The SMILES string of the molecule is ClC1Cc2ccccc2C1Nc1nc2ccccc2[nH]1. The number of imidazole rings is 1. The summed E-state index contributed by atoms with van der Waals surface area (Å²) in [5, 5.41) is 3.49. The van der Waals surface area contributed by atoms with E-state index in [1.165, 1.54) is 11.1 Å². The number of nitrogens with zero attached hydrogens (tertiary/aromatic N) is 1. The highest BCUT2D eigenvalue weighted by molar-refractivity contribution is 6.21. The van der Waals surface area contributed by atoms with Gasteiger partial charge in [0.15, 0.2) is 0 Å². The van der Waals surface area contributed by atoms with Crippen molar-refractivity contribution >= 4 is 28.6 Å². The Kier molecular flexibility index (Phi) is 2.67. The number of anilines is 1. The zero-order chi connectivity index (χ0) is 13.5. The molecule has 20 heavy (non-hydrogen) atoms. The summed E-state index contributed by atoms with van der Waals surface area (Å²) in [5.41, 5.74) is 4.59. The monoisotopic (exact) mass is 283 g/mol. The van der Waals surface area contributed by atoms with Gasteiger partial charge < -0.3 is 10.3 Å². The lowest BCUT2D eigenvalue weighted by atomic mass is 10.1. The number of fused-ring (bicyclic) bond motifs is 2. The normalized spacial score (nSPS) is 21.1. The van der Waals surface area contributed by atoms with Crippen LogP contribution in [0.5, 0.6) is 0 Å². The highest BCUT2D eigenvalue weighted by Gasteiger charge is 2.31. The van der Waals surface area contributed by atoms with Gasteiger partial charge in [-0.2, -0.15) is 0 Å². The van der Waals surface area contributed by atoms with E-state index in [1.54, 1.807) is 0 Å². The lowest BCUT2D eigenvalue weighted by Crippen LogP contribution is -2.17. The molecule has 2 aromatic carbocycles. The van der Waals surface area contributed by atoms with E-state index >= 15 is 0 Å². The number of benzene rings is 2. The van der Waals surface area contributed by atoms with Gasteiger partial charge in [-0.25, -0.2) is 4.98 Å². The van der Waals surface area contributed by atoms with Crippen LogP contribution in [0.25, 0.3) is 11.0 Å². The Balaban J connectivity index is 1.68. The van der Waals surface area contributed by atoms with E-state index in [4.69, 9.17) is 11.6 Å². The van der Waals surface area contributed by atoms with Crippen LogP contribution >= 0.6 is 11.6 Å². The molecule has 3 aromatic rings. The Bertz CT molecular complexity index is 732. The first-order chi connectivity index (χ1) is 9.81. The summed E-state index contributed by atoms with van der Waals surface area (Å²) in [6, 6.07) is 16.5. The lowest BCUT2D eigenvalue weighted by Gasteiger charge is -2.16. The summed E-state index contributed by atoms with van der Waals surface area (Å²) in [6.45, 7) is 0. The van der Waals surface area contributed by atoms with E-state index in [0.717, 1.165) is 23.4 Å². The van der Waals surface area contributed by atoms with E-state index in [9.17, 15) is 0 Å². The van der Waals surface area contributed by atoms with Gasteiger partial charge >= 0.3 is 0 Å². The quantitative estimate of drug-likeness (QED) is 0.701. The van der Waals surface area contributed by atoms with Crippen LogP contribution in [0.3, 0.4) is 0 Å². The fourth-order valence-corrected chi connectivity index (χ4v) is 3.25. The van der Waals surface area contributed by atoms with Gasteiger partial charge in [0.05, 0.1) is 22.5 Å². The molecule has 4 rings (SSSR count). The Morgan fingerprint density at radius 2 is 1.90 bits per heavy atom. The van der Waals surface area contributed by atoms with Gasteiger partial charge in [0.2, 0.25) is 5.95 Å². The molecular weight excluding hydrogens is 270 g/mol. The number of aromatic nitrogens is 2. The fraction of sp³-hybridized carbons (Fsp3) is 0.188. The van der Waals surface area contributed by atoms with Crippen LogP contribution in [0, 0.1) is 0 Å². The summed E-state index contributed by atoms with van der Waals surface area (Å²) >= 11 is 6.49. The molecule has 2 atom stereocenters. The van der Waals surface area contributed by atoms with E-state index in [2.05, 4.69) is 39.6 Å². The van der Waals surface area contributed by atoms with Crippen LogP contribution in [0.2, 0.25) is 0 Å². The number of nitrogens with one attached hydrogen (secondary N) is 2. The van der Waals surface area contributed by atoms with Crippen LogP contribution in [0.4, 0.5) is 5.95 Å². The van der Waals surface area contributed by atoms with Crippen LogP contribution < -0.4 is 5.32 Å². The number of hydrogen-bond donors (Lipinski definition) is 2. The predicted molar refractivity (Wildman–Crippen MR) is 82.2 cm³/mol. The van der Waals surface area contributed by atoms with Crippen molar-refractivity contribution in [3.05, 3.63) is 59.7 Å². The van der Waals surface area contributed by atoms with Gasteiger partial charge in [-0.1, -0.05) is 36.4 Å². The maximum Gasteiger partial charge on any atom is 0.201 e. The Hall–Kier alpha value is -2.00. The van der Waals surface area contributed by atoms with E-state index in [1.807, 2.05) is 24.3 Å². The van der Waals surface area contributed by atoms with Crippen molar-refractivity contribution in [2.24, 2.45) is 0 Å². The van der Waals surface area contributed by atoms with E-state index in [0.29, 0.717) is 0 Å². The van der Waals surface area contributed by atoms with Crippen molar-refractivity contribution in [1.82, 2.24) is 9.97 Å². The summed E-state index contributed by atoms with van der Waals surface area (Å²) < 4.78 is 0. The smallest absolute Gasteiger partial charge is 0.201 e. The van der Waals surface area contributed by atoms with Crippen LogP contribution in [0.1, 0.15) is 17.2 Å². The number of hydrogen-bond acceptors (Lipinski definition) is 2. The number of rotatable bonds is 2. The third-order valence-corrected chi connectivity index (χ3v) is 4.25. The van der Waals surface area contributed by atoms with Crippen LogP contribution in [-0.4, -0.2) is 15.3 Å². The van der Waals surface area contributed by atoms with Gasteiger partial charge in [0.1, 0.15) is 0 Å². The molecule has 100 valence electrons.